The van der Waals surface area contributed by atoms with Crippen molar-refractivity contribution in [1.82, 2.24) is 5.32 Å². The van der Waals surface area contributed by atoms with Crippen LogP contribution in [0, 0.1) is 0 Å². The number of hydrogen-bond donors (Lipinski definition) is 3. The number of carboxylic acid groups (broad SMARTS) is 1. The molecule has 4 N–H and O–H groups in total. The topological polar surface area (TPSA) is 145 Å². The number of alkyl carbamates (subject to hydrolysis) is 1. The summed E-state index contributed by atoms with van der Waals surface area (Å²) in [5, 5.41) is 11.0. The van der Waals surface area contributed by atoms with Crippen LogP contribution < -0.4 is 11.1 Å². The molecule has 9 heteroatoms. The summed E-state index contributed by atoms with van der Waals surface area (Å²) in [6, 6.07) is 5.18. The van der Waals surface area contributed by atoms with Gasteiger partial charge in [-0.25, -0.2) is 9.59 Å². The van der Waals surface area contributed by atoms with Crippen LogP contribution in [0.15, 0.2) is 24.3 Å². The first-order valence-corrected chi connectivity index (χ1v) is 8.20. The molecular weight excluding hydrogens is 356 g/mol. The first-order chi connectivity index (χ1) is 12.5. The van der Waals surface area contributed by atoms with Gasteiger partial charge in [0.1, 0.15) is 18.2 Å². The van der Waals surface area contributed by atoms with Crippen molar-refractivity contribution in [3.05, 3.63) is 35.4 Å². The smallest absolute Gasteiger partial charge is 0.408 e. The van der Waals surface area contributed by atoms with Gasteiger partial charge in [0.2, 0.25) is 5.91 Å². The molecule has 0 saturated heterocycles. The minimum Gasteiger partial charge on any atom is -0.481 e. The predicted octanol–water partition coefficient (Wildman–Crippen LogP) is 1.13. The van der Waals surface area contributed by atoms with Gasteiger partial charge < -0.3 is 25.6 Å². The second kappa shape index (κ2) is 9.56. The molecule has 1 aromatic rings. The van der Waals surface area contributed by atoms with Crippen LogP contribution in [0.1, 0.15) is 38.3 Å². The van der Waals surface area contributed by atoms with E-state index >= 15 is 0 Å². The zero-order valence-electron chi connectivity index (χ0n) is 15.5. The van der Waals surface area contributed by atoms with Gasteiger partial charge >= 0.3 is 18.0 Å². The number of aliphatic carboxylic acids is 1. The van der Waals surface area contributed by atoms with Crippen LogP contribution in [-0.4, -0.2) is 40.7 Å². The van der Waals surface area contributed by atoms with Gasteiger partial charge in [-0.2, -0.15) is 0 Å². The Bertz CT molecular complexity index is 693. The molecule has 0 aromatic heterocycles. The van der Waals surface area contributed by atoms with E-state index in [-0.39, 0.29) is 13.0 Å². The lowest BCUT2D eigenvalue weighted by Gasteiger charge is -2.22. The SMILES string of the molecule is CC(C)(C)OC(=O)NC(CC(N)=O)C(=O)OCc1ccc(CC(=O)O)cc1. The molecule has 0 aliphatic heterocycles. The molecule has 2 amide bonds. The molecule has 1 atom stereocenters. The number of benzene rings is 1. The largest absolute Gasteiger partial charge is 0.481 e. The van der Waals surface area contributed by atoms with Crippen molar-refractivity contribution in [1.29, 1.82) is 0 Å². The quantitative estimate of drug-likeness (QED) is 0.573. The molecule has 0 spiro atoms. The van der Waals surface area contributed by atoms with E-state index in [4.69, 9.17) is 20.3 Å². The van der Waals surface area contributed by atoms with Gasteiger partial charge in [-0.05, 0) is 31.9 Å². The monoisotopic (exact) mass is 380 g/mol. The van der Waals surface area contributed by atoms with Crippen LogP contribution in [0.5, 0.6) is 0 Å². The molecule has 9 nitrogen and oxygen atoms in total. The number of amides is 2. The van der Waals surface area contributed by atoms with E-state index in [1.807, 2.05) is 0 Å². The lowest BCUT2D eigenvalue weighted by molar-refractivity contribution is -0.148. The minimum absolute atomic E-state index is 0.111. The number of hydrogen-bond acceptors (Lipinski definition) is 6. The average molecular weight is 380 g/mol. The van der Waals surface area contributed by atoms with Gasteiger partial charge in [0.25, 0.3) is 0 Å². The van der Waals surface area contributed by atoms with Crippen molar-refractivity contribution in [2.24, 2.45) is 5.73 Å². The standard InChI is InChI=1S/C18H24N2O7/c1-18(2,3)27-17(25)20-13(9-14(19)21)16(24)26-10-12-6-4-11(5-7-12)8-15(22)23/h4-7,13H,8-10H2,1-3H3,(H2,19,21)(H,20,25)(H,22,23). The van der Waals surface area contributed by atoms with Gasteiger partial charge in [0.05, 0.1) is 12.8 Å². The molecule has 0 radical (unpaired) electrons. The Morgan fingerprint density at radius 2 is 1.67 bits per heavy atom. The van der Waals surface area contributed by atoms with Gasteiger partial charge in [0.15, 0.2) is 0 Å². The molecule has 0 fully saturated rings. The van der Waals surface area contributed by atoms with Crippen molar-refractivity contribution in [2.45, 2.75) is 51.9 Å². The third-order valence-corrected chi connectivity index (χ3v) is 3.14. The first kappa shape index (κ1) is 21.9. The maximum atomic E-state index is 12.2. The molecule has 0 bridgehead atoms. The number of carbonyl (C=O) groups is 4. The molecule has 0 heterocycles. The fourth-order valence-corrected chi connectivity index (χ4v) is 2.03. The zero-order chi connectivity index (χ0) is 20.6. The lowest BCUT2D eigenvalue weighted by atomic mass is 10.1. The molecule has 148 valence electrons. The van der Waals surface area contributed by atoms with Crippen molar-refractivity contribution in [3.63, 3.8) is 0 Å². The fourth-order valence-electron chi connectivity index (χ4n) is 2.03. The van der Waals surface area contributed by atoms with Crippen LogP contribution in [0.25, 0.3) is 0 Å². The third kappa shape index (κ3) is 9.24. The number of carboxylic acids is 1. The maximum absolute atomic E-state index is 12.2. The Morgan fingerprint density at radius 3 is 2.15 bits per heavy atom. The number of carbonyl (C=O) groups excluding carboxylic acids is 3. The van der Waals surface area contributed by atoms with Crippen molar-refractivity contribution >= 4 is 23.9 Å². The number of rotatable bonds is 8. The average Bonchev–Trinajstić information content (AvgIpc) is 2.50. The summed E-state index contributed by atoms with van der Waals surface area (Å²) < 4.78 is 10.2. The van der Waals surface area contributed by atoms with E-state index in [0.29, 0.717) is 11.1 Å². The van der Waals surface area contributed by atoms with E-state index in [1.54, 1.807) is 45.0 Å². The highest BCUT2D eigenvalue weighted by molar-refractivity contribution is 5.87. The second-order valence-corrected chi connectivity index (χ2v) is 6.86. The van der Waals surface area contributed by atoms with E-state index in [1.165, 1.54) is 0 Å². The van der Waals surface area contributed by atoms with Gasteiger partial charge in [0, 0.05) is 0 Å². The number of primary amides is 1. The van der Waals surface area contributed by atoms with Crippen LogP contribution in [0.3, 0.4) is 0 Å². The molecule has 27 heavy (non-hydrogen) atoms. The third-order valence-electron chi connectivity index (χ3n) is 3.14. The first-order valence-electron chi connectivity index (χ1n) is 8.20. The van der Waals surface area contributed by atoms with Gasteiger partial charge in [-0.3, -0.25) is 9.59 Å². The molecule has 0 saturated carbocycles. The summed E-state index contributed by atoms with van der Waals surface area (Å²) in [7, 11) is 0. The Balaban J connectivity index is 2.66. The van der Waals surface area contributed by atoms with Gasteiger partial charge in [-0.1, -0.05) is 24.3 Å². The van der Waals surface area contributed by atoms with Crippen LogP contribution in [-0.2, 0) is 36.9 Å². The summed E-state index contributed by atoms with van der Waals surface area (Å²) in [5.74, 6) is -2.57. The van der Waals surface area contributed by atoms with E-state index < -0.39 is 42.0 Å². The summed E-state index contributed by atoms with van der Waals surface area (Å²) >= 11 is 0. The highest BCUT2D eigenvalue weighted by atomic mass is 16.6. The summed E-state index contributed by atoms with van der Waals surface area (Å²) in [4.78, 5) is 45.8. The van der Waals surface area contributed by atoms with Crippen LogP contribution in [0.4, 0.5) is 4.79 Å². The summed E-state index contributed by atoms with van der Waals surface area (Å²) in [5.41, 5.74) is 5.56. The summed E-state index contributed by atoms with van der Waals surface area (Å²) in [6.45, 7) is 4.85. The zero-order valence-corrected chi connectivity index (χ0v) is 15.5. The van der Waals surface area contributed by atoms with Gasteiger partial charge in [-0.15, -0.1) is 0 Å². The Labute approximate surface area is 156 Å². The van der Waals surface area contributed by atoms with Crippen molar-refractivity contribution in [3.8, 4) is 0 Å². The Kier molecular flexibility index (Phi) is 7.77. The van der Waals surface area contributed by atoms with Crippen LogP contribution >= 0.6 is 0 Å². The maximum Gasteiger partial charge on any atom is 0.408 e. The molecule has 0 aliphatic carbocycles. The Morgan fingerprint density at radius 1 is 1.11 bits per heavy atom. The molecular formula is C18H24N2O7. The van der Waals surface area contributed by atoms with E-state index in [2.05, 4.69) is 5.32 Å². The molecule has 1 aromatic carbocycles. The van der Waals surface area contributed by atoms with Crippen molar-refractivity contribution < 1.29 is 33.8 Å². The molecule has 1 rings (SSSR count). The van der Waals surface area contributed by atoms with Crippen LogP contribution in [0.2, 0.25) is 0 Å². The number of esters is 1. The number of nitrogens with one attached hydrogen (secondary N) is 1. The normalized spacial score (nSPS) is 12.0. The van der Waals surface area contributed by atoms with E-state index in [9.17, 15) is 19.2 Å². The number of ether oxygens (including phenoxy) is 2. The van der Waals surface area contributed by atoms with Crippen molar-refractivity contribution in [2.75, 3.05) is 0 Å². The predicted molar refractivity (Wildman–Crippen MR) is 94.5 cm³/mol. The van der Waals surface area contributed by atoms with E-state index in [0.717, 1.165) is 0 Å². The highest BCUT2D eigenvalue weighted by Crippen LogP contribution is 2.10. The fraction of sp³-hybridized carbons (Fsp3) is 0.444. The number of nitrogens with two attached hydrogens (primary N) is 1. The Hall–Kier alpha value is -3.10. The minimum atomic E-state index is -1.27. The molecule has 1 unspecified atom stereocenters. The summed E-state index contributed by atoms with van der Waals surface area (Å²) in [6.07, 6.45) is -1.42. The second-order valence-electron chi connectivity index (χ2n) is 6.86. The lowest BCUT2D eigenvalue weighted by Crippen LogP contribution is -2.46. The highest BCUT2D eigenvalue weighted by Gasteiger charge is 2.27. The molecule has 0 aliphatic rings.